The van der Waals surface area contributed by atoms with Crippen LogP contribution in [0, 0.1) is 0 Å². The van der Waals surface area contributed by atoms with Crippen molar-refractivity contribution in [3.8, 4) is 0 Å². The number of H-pyrrole nitrogens is 1. The van der Waals surface area contributed by atoms with E-state index in [2.05, 4.69) is 35.9 Å². The highest BCUT2D eigenvalue weighted by Crippen LogP contribution is 2.50. The highest BCUT2D eigenvalue weighted by atomic mass is 32.2. The van der Waals surface area contributed by atoms with Crippen molar-refractivity contribution in [2.24, 2.45) is 0 Å². The van der Waals surface area contributed by atoms with Crippen molar-refractivity contribution in [2.75, 3.05) is 16.8 Å². The molecule has 1 spiro atoms. The average molecular weight is 783 g/mol. The average Bonchev–Trinajstić information content (AvgIpc) is 3.74. The van der Waals surface area contributed by atoms with Crippen LogP contribution in [0.2, 0.25) is 0 Å². The number of thioether (sulfide) groups is 1. The number of benzene rings is 1. The van der Waals surface area contributed by atoms with E-state index in [1.54, 1.807) is 45.0 Å². The van der Waals surface area contributed by atoms with Gasteiger partial charge in [0.15, 0.2) is 11.2 Å². The molecule has 3 fully saturated rings. The summed E-state index contributed by atoms with van der Waals surface area (Å²) in [6.07, 6.45) is 3.10. The van der Waals surface area contributed by atoms with E-state index in [1.165, 1.54) is 27.8 Å². The van der Waals surface area contributed by atoms with Gasteiger partial charge in [-0.2, -0.15) is 14.6 Å². The van der Waals surface area contributed by atoms with Gasteiger partial charge in [0.05, 0.1) is 24.5 Å². The lowest BCUT2D eigenvalue weighted by Gasteiger charge is -2.33. The van der Waals surface area contributed by atoms with Crippen LogP contribution in [0.1, 0.15) is 62.5 Å². The number of amides is 3. The second kappa shape index (κ2) is 17.7. The quantitative estimate of drug-likeness (QED) is 0.122. The second-order valence-electron chi connectivity index (χ2n) is 12.3. The summed E-state index contributed by atoms with van der Waals surface area (Å²) in [5, 5.41) is 25.9. The molecule has 6 rings (SSSR count). The minimum absolute atomic E-state index is 0.0274. The van der Waals surface area contributed by atoms with Gasteiger partial charge in [-0.25, -0.2) is 19.6 Å². The number of carbonyl (C=O) groups excluding carboxylic acids is 6. The summed E-state index contributed by atoms with van der Waals surface area (Å²) in [4.78, 5) is 117. The third kappa shape index (κ3) is 8.94. The van der Waals surface area contributed by atoms with Crippen LogP contribution < -0.4 is 27.2 Å². The van der Waals surface area contributed by atoms with E-state index in [0.717, 1.165) is 0 Å². The number of anilines is 2. The van der Waals surface area contributed by atoms with E-state index in [1.807, 2.05) is 0 Å². The highest BCUT2D eigenvalue weighted by molar-refractivity contribution is 8.00. The first-order chi connectivity index (χ1) is 26.1. The van der Waals surface area contributed by atoms with Gasteiger partial charge in [0.2, 0.25) is 22.9 Å². The van der Waals surface area contributed by atoms with Crippen molar-refractivity contribution in [1.82, 2.24) is 40.4 Å². The van der Waals surface area contributed by atoms with Crippen LogP contribution in [0.4, 0.5) is 11.6 Å². The fourth-order valence-electron chi connectivity index (χ4n) is 6.02. The number of carbonyl (C=O) groups is 6. The Morgan fingerprint density at radius 3 is 2.35 bits per heavy atom. The summed E-state index contributed by atoms with van der Waals surface area (Å²) in [7, 11) is 0. The minimum Gasteiger partial charge on any atom is -0.480 e. The number of nitrogens with zero attached hydrogens (tertiary/aromatic N) is 5. The summed E-state index contributed by atoms with van der Waals surface area (Å²) in [6, 6.07) is 3.38. The maximum Gasteiger partial charge on any atom is 0.373 e. The molecule has 3 aromatic rings. The number of aromatic nitrogens is 4. The molecule has 1 aromatic carbocycles. The number of nitrogens with two attached hydrogens (primary N) is 1. The van der Waals surface area contributed by atoms with Gasteiger partial charge >= 0.3 is 18.1 Å². The van der Waals surface area contributed by atoms with Crippen molar-refractivity contribution in [1.29, 1.82) is 0 Å². The number of nitrogens with one attached hydrogen (secondary N) is 4. The zero-order chi connectivity index (χ0) is 40.6. The number of hydrogen-bond acceptors (Lipinski definition) is 16. The number of nitrogen functional groups attached to an aromatic ring is 1. The summed E-state index contributed by atoms with van der Waals surface area (Å²) >= 11 is 1.26. The zero-order valence-electron chi connectivity index (χ0n) is 29.7. The summed E-state index contributed by atoms with van der Waals surface area (Å²) in [6.45, 7) is 5.35. The fourth-order valence-corrected chi connectivity index (χ4v) is 7.67. The predicted molar refractivity (Wildman–Crippen MR) is 192 cm³/mol. The van der Waals surface area contributed by atoms with E-state index in [0.29, 0.717) is 42.6 Å². The summed E-state index contributed by atoms with van der Waals surface area (Å²) < 4.78 is 0. The van der Waals surface area contributed by atoms with Crippen LogP contribution in [-0.4, -0.2) is 117 Å². The molecule has 5 heterocycles. The van der Waals surface area contributed by atoms with Gasteiger partial charge in [0, 0.05) is 29.8 Å². The first-order valence-electron chi connectivity index (χ1n) is 16.8. The first kappa shape index (κ1) is 41.5. The number of carboxylic acids is 2. The lowest BCUT2D eigenvalue weighted by Crippen LogP contribution is -2.57. The minimum atomic E-state index is -1.11. The van der Waals surface area contributed by atoms with Gasteiger partial charge in [0.25, 0.3) is 11.5 Å². The number of rotatable bonds is 12. The normalized spacial score (nSPS) is 21.3. The molecule has 55 heavy (non-hydrogen) atoms. The maximum absolute atomic E-state index is 12.7. The number of fused-ring (bicyclic) bond motifs is 1. The van der Waals surface area contributed by atoms with Crippen LogP contribution in [0.5, 0.6) is 0 Å². The van der Waals surface area contributed by atoms with Crippen molar-refractivity contribution in [2.45, 2.75) is 82.3 Å². The van der Waals surface area contributed by atoms with Crippen LogP contribution in [0.3, 0.4) is 0 Å². The Morgan fingerprint density at radius 1 is 1.07 bits per heavy atom. The molecule has 0 bridgehead atoms. The highest BCUT2D eigenvalue weighted by Gasteiger charge is 2.69. The third-order valence-corrected chi connectivity index (χ3v) is 10.2. The Hall–Kier alpha value is -6.25. The Labute approximate surface area is 315 Å². The van der Waals surface area contributed by atoms with Crippen LogP contribution >= 0.6 is 11.8 Å². The Bertz CT molecular complexity index is 2070. The molecule has 5 atom stereocenters. The van der Waals surface area contributed by atoms with Gasteiger partial charge in [-0.3, -0.25) is 44.1 Å². The first-order valence-corrected chi connectivity index (χ1v) is 17.8. The molecule has 22 heteroatoms. The number of Topliss-reactive ketones (excluding diaryl/α,β-unsaturated/α-hetero) is 1. The summed E-state index contributed by atoms with van der Waals surface area (Å²) in [5.41, 5.74) is 6.83. The third-order valence-electron chi connectivity index (χ3n) is 8.80. The monoisotopic (exact) mass is 782 g/mol. The molecule has 2 aromatic heterocycles. The number of hydrogen-bond donors (Lipinski definition) is 7. The van der Waals surface area contributed by atoms with E-state index < -0.39 is 52.7 Å². The topological polar surface area (TPSA) is 317 Å². The second-order valence-corrected chi connectivity index (χ2v) is 13.5. The lowest BCUT2D eigenvalue weighted by atomic mass is 10.1. The SMILES string of the molecule is CCC(=O)CCC1N[C@@]23SCC(C(=O)O)N2C(=O)C(C)N3C1=O.CCC(NC(=O)c1ccc(NCc2cnc3nc(N)[nH]c(=O)c3n2)cc1)C(=O)O.O=C=O. The van der Waals surface area contributed by atoms with Crippen molar-refractivity contribution in [3.63, 3.8) is 0 Å². The zero-order valence-corrected chi connectivity index (χ0v) is 30.5. The van der Waals surface area contributed by atoms with E-state index in [4.69, 9.17) is 20.4 Å². The maximum atomic E-state index is 12.7. The van der Waals surface area contributed by atoms with Gasteiger partial charge < -0.3 is 26.6 Å². The molecule has 8 N–H and O–H groups in total. The van der Waals surface area contributed by atoms with Gasteiger partial charge in [-0.05, 0) is 44.0 Å². The Morgan fingerprint density at radius 2 is 1.75 bits per heavy atom. The Balaban J connectivity index is 0.000000233. The van der Waals surface area contributed by atoms with Crippen molar-refractivity contribution in [3.05, 3.63) is 52.1 Å². The van der Waals surface area contributed by atoms with Crippen LogP contribution in [-0.2, 0) is 40.1 Å². The predicted octanol–water partition coefficient (Wildman–Crippen LogP) is -0.495. The molecule has 0 aliphatic carbocycles. The largest absolute Gasteiger partial charge is 0.480 e. The molecule has 0 saturated carbocycles. The van der Waals surface area contributed by atoms with Gasteiger partial charge in [-0.1, -0.05) is 25.6 Å². The van der Waals surface area contributed by atoms with Crippen molar-refractivity contribution >= 4 is 76.2 Å². The molecule has 0 radical (unpaired) electrons. The van der Waals surface area contributed by atoms with Crippen molar-refractivity contribution < 1.29 is 48.6 Å². The van der Waals surface area contributed by atoms with E-state index >= 15 is 0 Å². The standard InChI is InChI=1S/C18H19N7O4.C14H19N3O5S.CO2/c1-2-12(17(28)29)23-15(26)9-3-5-10(6-4-9)20-7-11-8-21-14-13(22-11)16(27)25-18(19)24-14;1-3-8(18)4-5-9-12(20)16-7(2)11(19)17-10(13(21)22)6-23-14(16,17)15-9;2-1-3/h3-6,8,12,20H,2,7H2,1H3,(H,23,26)(H,28,29)(H3,19,21,24,25,27);7,9-10,15H,3-6H2,1-2H3,(H,21,22);/t;7?,9?,10?,14-;/m.0./s1. The Kier molecular flexibility index (Phi) is 13.4. The molecular weight excluding hydrogens is 744 g/mol. The summed E-state index contributed by atoms with van der Waals surface area (Å²) in [5.74, 6) is -2.93. The number of ketones is 1. The molecule has 4 unspecified atom stereocenters. The van der Waals surface area contributed by atoms with Crippen LogP contribution in [0.15, 0.2) is 35.3 Å². The number of aliphatic carboxylic acids is 2. The number of carboxylic acid groups (broad SMARTS) is 2. The van der Waals surface area contributed by atoms with E-state index in [9.17, 15) is 38.7 Å². The number of aromatic amines is 1. The molecule has 3 amide bonds. The molecule has 3 aliphatic heterocycles. The smallest absolute Gasteiger partial charge is 0.373 e. The van der Waals surface area contributed by atoms with Gasteiger partial charge in [0.1, 0.15) is 23.9 Å². The molecule has 292 valence electrons. The fraction of sp³-hybridized carbons (Fsp3) is 0.424. The molecule has 21 nitrogen and oxygen atoms in total. The molecular formula is C33H38N10O11S. The van der Waals surface area contributed by atoms with E-state index in [-0.39, 0.29) is 53.2 Å². The molecule has 3 aliphatic rings. The van der Waals surface area contributed by atoms with Gasteiger partial charge in [-0.15, -0.1) is 0 Å². The lowest BCUT2D eigenvalue weighted by molar-refractivity contribution is -0.191. The molecule has 3 saturated heterocycles. The van der Waals surface area contributed by atoms with Crippen LogP contribution in [0.25, 0.3) is 11.2 Å².